The normalized spacial score (nSPS) is 16.0. The minimum atomic E-state index is -0.447. The predicted molar refractivity (Wildman–Crippen MR) is 104 cm³/mol. The van der Waals surface area contributed by atoms with Crippen LogP contribution in [0.3, 0.4) is 0 Å². The molecule has 0 saturated carbocycles. The predicted octanol–water partition coefficient (Wildman–Crippen LogP) is 3.33. The van der Waals surface area contributed by atoms with Crippen molar-refractivity contribution in [1.29, 1.82) is 0 Å². The molecule has 1 atom stereocenters. The number of esters is 1. The molecule has 3 rings (SSSR count). The van der Waals surface area contributed by atoms with Crippen LogP contribution in [0.15, 0.2) is 54.6 Å². The molecule has 0 amide bonds. The summed E-state index contributed by atoms with van der Waals surface area (Å²) in [6.45, 7) is 7.13. The van der Waals surface area contributed by atoms with Gasteiger partial charge in [-0.1, -0.05) is 54.6 Å². The Bertz CT molecular complexity index is 743. The molecule has 0 aliphatic carbocycles. The van der Waals surface area contributed by atoms with Crippen LogP contribution in [-0.4, -0.2) is 36.6 Å². The van der Waals surface area contributed by atoms with Crippen LogP contribution in [-0.2, 0) is 22.5 Å². The Balaban J connectivity index is 1.69. The van der Waals surface area contributed by atoms with Crippen LogP contribution in [0.5, 0.6) is 0 Å². The summed E-state index contributed by atoms with van der Waals surface area (Å²) in [5, 5.41) is 3.43. The highest BCUT2D eigenvalue weighted by molar-refractivity contribution is 5.77. The fourth-order valence-electron chi connectivity index (χ4n) is 3.58. The molecule has 26 heavy (non-hydrogen) atoms. The lowest BCUT2D eigenvalue weighted by Crippen LogP contribution is -2.53. The fourth-order valence-corrected chi connectivity index (χ4v) is 3.58. The third kappa shape index (κ3) is 4.14. The average Bonchev–Trinajstić information content (AvgIpc) is 2.68. The van der Waals surface area contributed by atoms with Crippen molar-refractivity contribution >= 4 is 5.97 Å². The standard InChI is InChI=1S/C22H28N2O2/c1-22(2,24-14-13-17-9-7-8-12-19(17)15-24)16-23-20(21(25)26-3)18-10-5-4-6-11-18/h4-12,20,23H,13-16H2,1-3H3. The number of nitrogens with zero attached hydrogens (tertiary/aromatic N) is 1. The van der Waals surface area contributed by atoms with Gasteiger partial charge in [0.15, 0.2) is 0 Å². The Kier molecular flexibility index (Phi) is 5.74. The van der Waals surface area contributed by atoms with Gasteiger partial charge in [-0.15, -0.1) is 0 Å². The number of ether oxygens (including phenoxy) is 1. The number of carbonyl (C=O) groups excluding carboxylic acids is 1. The van der Waals surface area contributed by atoms with Crippen molar-refractivity contribution in [1.82, 2.24) is 10.2 Å². The summed E-state index contributed by atoms with van der Waals surface area (Å²) >= 11 is 0. The molecular formula is C22H28N2O2. The molecule has 0 fully saturated rings. The van der Waals surface area contributed by atoms with E-state index in [9.17, 15) is 4.79 Å². The lowest BCUT2D eigenvalue weighted by molar-refractivity contribution is -0.143. The molecule has 0 saturated heterocycles. The monoisotopic (exact) mass is 352 g/mol. The van der Waals surface area contributed by atoms with E-state index in [0.29, 0.717) is 6.54 Å². The third-order valence-corrected chi connectivity index (χ3v) is 5.30. The van der Waals surface area contributed by atoms with Gasteiger partial charge in [-0.25, -0.2) is 4.79 Å². The van der Waals surface area contributed by atoms with Crippen molar-refractivity contribution < 1.29 is 9.53 Å². The zero-order chi connectivity index (χ0) is 18.6. The van der Waals surface area contributed by atoms with E-state index in [4.69, 9.17) is 4.74 Å². The summed E-state index contributed by atoms with van der Waals surface area (Å²) in [6.07, 6.45) is 1.07. The van der Waals surface area contributed by atoms with E-state index in [1.807, 2.05) is 30.3 Å². The Morgan fingerprint density at radius 1 is 1.12 bits per heavy atom. The summed E-state index contributed by atoms with van der Waals surface area (Å²) in [4.78, 5) is 14.8. The second-order valence-corrected chi connectivity index (χ2v) is 7.50. The zero-order valence-electron chi connectivity index (χ0n) is 15.9. The molecule has 1 unspecified atom stereocenters. The molecule has 1 aliphatic rings. The lowest BCUT2D eigenvalue weighted by atomic mass is 9.93. The number of methoxy groups -OCH3 is 1. The van der Waals surface area contributed by atoms with Crippen LogP contribution in [0.1, 0.15) is 36.6 Å². The van der Waals surface area contributed by atoms with Gasteiger partial charge in [0.2, 0.25) is 0 Å². The number of hydrogen-bond donors (Lipinski definition) is 1. The maximum Gasteiger partial charge on any atom is 0.327 e. The van der Waals surface area contributed by atoms with E-state index >= 15 is 0 Å². The second kappa shape index (κ2) is 8.02. The van der Waals surface area contributed by atoms with E-state index in [-0.39, 0.29) is 11.5 Å². The first kappa shape index (κ1) is 18.6. The van der Waals surface area contributed by atoms with Gasteiger partial charge in [0.05, 0.1) is 7.11 Å². The summed E-state index contributed by atoms with van der Waals surface area (Å²) in [5.41, 5.74) is 3.71. The number of fused-ring (bicyclic) bond motifs is 1. The van der Waals surface area contributed by atoms with Crippen LogP contribution >= 0.6 is 0 Å². The Hall–Kier alpha value is -2.17. The average molecular weight is 352 g/mol. The van der Waals surface area contributed by atoms with Gasteiger partial charge in [0.25, 0.3) is 0 Å². The van der Waals surface area contributed by atoms with E-state index in [1.165, 1.54) is 18.2 Å². The molecule has 0 aromatic heterocycles. The zero-order valence-corrected chi connectivity index (χ0v) is 15.9. The molecule has 2 aromatic carbocycles. The SMILES string of the molecule is COC(=O)C(NCC(C)(C)N1CCc2ccccc2C1)c1ccccc1. The van der Waals surface area contributed by atoms with Crippen LogP contribution < -0.4 is 5.32 Å². The Labute approximate surface area is 156 Å². The van der Waals surface area contributed by atoms with Gasteiger partial charge in [0.1, 0.15) is 6.04 Å². The molecule has 138 valence electrons. The second-order valence-electron chi connectivity index (χ2n) is 7.50. The van der Waals surface area contributed by atoms with E-state index in [1.54, 1.807) is 0 Å². The quantitative estimate of drug-likeness (QED) is 0.810. The smallest absolute Gasteiger partial charge is 0.327 e. The molecular weight excluding hydrogens is 324 g/mol. The van der Waals surface area contributed by atoms with Gasteiger partial charge in [-0.3, -0.25) is 10.2 Å². The topological polar surface area (TPSA) is 41.6 Å². The van der Waals surface area contributed by atoms with Crippen molar-refractivity contribution in [2.75, 3.05) is 20.2 Å². The molecule has 4 nitrogen and oxygen atoms in total. The number of rotatable bonds is 6. The maximum absolute atomic E-state index is 12.3. The van der Waals surface area contributed by atoms with E-state index in [2.05, 4.69) is 48.3 Å². The summed E-state index contributed by atoms with van der Waals surface area (Å²) < 4.78 is 5.01. The van der Waals surface area contributed by atoms with Gasteiger partial charge in [-0.2, -0.15) is 0 Å². The van der Waals surface area contributed by atoms with Crippen molar-refractivity contribution in [3.05, 3.63) is 71.3 Å². The van der Waals surface area contributed by atoms with Crippen molar-refractivity contribution in [3.8, 4) is 0 Å². The number of nitrogens with one attached hydrogen (secondary N) is 1. The van der Waals surface area contributed by atoms with Gasteiger partial charge < -0.3 is 4.74 Å². The first-order valence-corrected chi connectivity index (χ1v) is 9.19. The third-order valence-electron chi connectivity index (χ3n) is 5.30. The number of carbonyl (C=O) groups is 1. The molecule has 1 N–H and O–H groups in total. The Morgan fingerprint density at radius 2 is 1.77 bits per heavy atom. The van der Waals surface area contributed by atoms with E-state index in [0.717, 1.165) is 25.1 Å². The minimum absolute atomic E-state index is 0.0748. The summed E-state index contributed by atoms with van der Waals surface area (Å²) in [6, 6.07) is 18.0. The molecule has 1 aliphatic heterocycles. The van der Waals surface area contributed by atoms with Crippen LogP contribution in [0.2, 0.25) is 0 Å². The largest absolute Gasteiger partial charge is 0.468 e. The first-order chi connectivity index (χ1) is 12.5. The summed E-state index contributed by atoms with van der Waals surface area (Å²) in [7, 11) is 1.44. The number of benzene rings is 2. The lowest BCUT2D eigenvalue weighted by Gasteiger charge is -2.42. The molecule has 0 bridgehead atoms. The fraction of sp³-hybridized carbons (Fsp3) is 0.409. The molecule has 4 heteroatoms. The summed E-state index contributed by atoms with van der Waals surface area (Å²) in [5.74, 6) is -0.254. The minimum Gasteiger partial charge on any atom is -0.468 e. The molecule has 0 radical (unpaired) electrons. The first-order valence-electron chi connectivity index (χ1n) is 9.19. The van der Waals surface area contributed by atoms with Gasteiger partial charge in [-0.05, 0) is 37.0 Å². The maximum atomic E-state index is 12.3. The van der Waals surface area contributed by atoms with Crippen LogP contribution in [0, 0.1) is 0 Å². The number of hydrogen-bond acceptors (Lipinski definition) is 4. The molecule has 2 aromatic rings. The highest BCUT2D eigenvalue weighted by Gasteiger charge is 2.31. The van der Waals surface area contributed by atoms with Gasteiger partial charge in [0, 0.05) is 25.2 Å². The van der Waals surface area contributed by atoms with Gasteiger partial charge >= 0.3 is 5.97 Å². The Morgan fingerprint density at radius 3 is 2.46 bits per heavy atom. The van der Waals surface area contributed by atoms with Crippen LogP contribution in [0.4, 0.5) is 0 Å². The van der Waals surface area contributed by atoms with Crippen molar-refractivity contribution in [2.24, 2.45) is 0 Å². The van der Waals surface area contributed by atoms with Crippen molar-refractivity contribution in [2.45, 2.75) is 38.4 Å². The van der Waals surface area contributed by atoms with E-state index < -0.39 is 6.04 Å². The van der Waals surface area contributed by atoms with Crippen LogP contribution in [0.25, 0.3) is 0 Å². The van der Waals surface area contributed by atoms with Crippen molar-refractivity contribution in [3.63, 3.8) is 0 Å². The highest BCUT2D eigenvalue weighted by atomic mass is 16.5. The highest BCUT2D eigenvalue weighted by Crippen LogP contribution is 2.26. The molecule has 1 heterocycles. The molecule has 0 spiro atoms.